The Kier molecular flexibility index (Phi) is 6.38. The van der Waals surface area contributed by atoms with Crippen LogP contribution in [-0.2, 0) is 11.3 Å². The van der Waals surface area contributed by atoms with Crippen LogP contribution in [0.15, 0.2) is 77.7 Å². The molecule has 1 aliphatic heterocycles. The SMILES string of the molecule is C[C@H](NC(=O)CN1CCN(Cc2cc(=O)n3ccccc3n2)CC1)c1cccc2ccccc12. The second-order valence-electron chi connectivity index (χ2n) is 8.92. The molecular weight excluding hydrogens is 426 g/mol. The molecule has 34 heavy (non-hydrogen) atoms. The minimum atomic E-state index is -0.0591. The number of hydrogen-bond donors (Lipinski definition) is 1. The molecular formula is C27H29N5O2. The van der Waals surface area contributed by atoms with Crippen molar-refractivity contribution in [2.45, 2.75) is 19.5 Å². The maximum absolute atomic E-state index is 12.8. The fourth-order valence-corrected chi connectivity index (χ4v) is 4.71. The van der Waals surface area contributed by atoms with Crippen molar-refractivity contribution < 1.29 is 4.79 Å². The smallest absolute Gasteiger partial charge is 0.258 e. The normalized spacial score (nSPS) is 16.0. The molecule has 7 nitrogen and oxygen atoms in total. The topological polar surface area (TPSA) is 70.0 Å². The van der Waals surface area contributed by atoms with Crippen molar-refractivity contribution in [3.05, 3.63) is 94.5 Å². The lowest BCUT2D eigenvalue weighted by Crippen LogP contribution is -2.49. The summed E-state index contributed by atoms with van der Waals surface area (Å²) in [5.74, 6) is 0.0399. The Labute approximate surface area is 198 Å². The average molecular weight is 456 g/mol. The summed E-state index contributed by atoms with van der Waals surface area (Å²) in [6, 6.07) is 21.6. The minimum Gasteiger partial charge on any atom is -0.348 e. The van der Waals surface area contributed by atoms with Gasteiger partial charge in [-0.05, 0) is 35.4 Å². The molecule has 1 saturated heterocycles. The predicted octanol–water partition coefficient (Wildman–Crippen LogP) is 2.84. The average Bonchev–Trinajstić information content (AvgIpc) is 2.85. The molecule has 1 fully saturated rings. The number of rotatable bonds is 6. The largest absolute Gasteiger partial charge is 0.348 e. The number of carbonyl (C=O) groups excluding carboxylic acids is 1. The predicted molar refractivity (Wildman–Crippen MR) is 134 cm³/mol. The van der Waals surface area contributed by atoms with Crippen LogP contribution < -0.4 is 10.9 Å². The molecule has 1 aliphatic rings. The minimum absolute atomic E-state index is 0.0399. The van der Waals surface area contributed by atoms with Gasteiger partial charge in [-0.2, -0.15) is 0 Å². The molecule has 1 amide bonds. The van der Waals surface area contributed by atoms with Crippen LogP contribution in [0.3, 0.4) is 0 Å². The zero-order valence-electron chi connectivity index (χ0n) is 19.4. The second kappa shape index (κ2) is 9.75. The molecule has 3 heterocycles. The Bertz CT molecular complexity index is 1370. The molecule has 7 heteroatoms. The maximum Gasteiger partial charge on any atom is 0.258 e. The van der Waals surface area contributed by atoms with Gasteiger partial charge in [0.15, 0.2) is 0 Å². The third kappa shape index (κ3) is 4.85. The van der Waals surface area contributed by atoms with Crippen LogP contribution in [0.4, 0.5) is 0 Å². The molecule has 2 aromatic carbocycles. The monoisotopic (exact) mass is 455 g/mol. The molecule has 5 rings (SSSR count). The van der Waals surface area contributed by atoms with E-state index in [0.29, 0.717) is 18.7 Å². The number of benzene rings is 2. The highest BCUT2D eigenvalue weighted by Crippen LogP contribution is 2.24. The number of piperazine rings is 1. The quantitative estimate of drug-likeness (QED) is 0.484. The van der Waals surface area contributed by atoms with E-state index in [-0.39, 0.29) is 17.5 Å². The van der Waals surface area contributed by atoms with Crippen LogP contribution in [0.1, 0.15) is 24.2 Å². The van der Waals surface area contributed by atoms with Crippen molar-refractivity contribution in [1.29, 1.82) is 0 Å². The third-order valence-corrected chi connectivity index (χ3v) is 6.51. The number of amides is 1. The van der Waals surface area contributed by atoms with Gasteiger partial charge in [-0.25, -0.2) is 4.98 Å². The standard InChI is InChI=1S/C27H29N5O2/c1-20(23-10-6-8-21-7-2-3-9-24(21)23)28-26(33)19-31-15-13-30(14-16-31)18-22-17-27(34)32-12-5-4-11-25(32)29-22/h2-12,17,20H,13-16,18-19H2,1H3,(H,28,33)/t20-/m0/s1. The highest BCUT2D eigenvalue weighted by Gasteiger charge is 2.21. The third-order valence-electron chi connectivity index (χ3n) is 6.51. The van der Waals surface area contributed by atoms with E-state index in [1.165, 1.54) is 10.8 Å². The molecule has 1 N–H and O–H groups in total. The van der Waals surface area contributed by atoms with Crippen LogP contribution in [0.2, 0.25) is 0 Å². The van der Waals surface area contributed by atoms with Crippen molar-refractivity contribution in [1.82, 2.24) is 24.5 Å². The summed E-state index contributed by atoms with van der Waals surface area (Å²) >= 11 is 0. The summed E-state index contributed by atoms with van der Waals surface area (Å²) in [5, 5.41) is 5.52. The number of aromatic nitrogens is 2. The zero-order chi connectivity index (χ0) is 23.5. The van der Waals surface area contributed by atoms with E-state index in [1.54, 1.807) is 16.7 Å². The fourth-order valence-electron chi connectivity index (χ4n) is 4.71. The lowest BCUT2D eigenvalue weighted by Gasteiger charge is -2.34. The lowest BCUT2D eigenvalue weighted by atomic mass is 10.00. The Morgan fingerprint density at radius 1 is 0.971 bits per heavy atom. The van der Waals surface area contributed by atoms with Crippen molar-refractivity contribution in [2.75, 3.05) is 32.7 Å². The summed E-state index contributed by atoms with van der Waals surface area (Å²) in [5.41, 5.74) is 2.53. The second-order valence-corrected chi connectivity index (χ2v) is 8.92. The Balaban J connectivity index is 1.14. The highest BCUT2D eigenvalue weighted by atomic mass is 16.2. The van der Waals surface area contributed by atoms with E-state index in [4.69, 9.17) is 0 Å². The van der Waals surface area contributed by atoms with Gasteiger partial charge in [-0.15, -0.1) is 0 Å². The lowest BCUT2D eigenvalue weighted by molar-refractivity contribution is -0.123. The first-order valence-corrected chi connectivity index (χ1v) is 11.8. The van der Waals surface area contributed by atoms with Gasteiger partial charge < -0.3 is 5.32 Å². The van der Waals surface area contributed by atoms with Gasteiger partial charge in [0.2, 0.25) is 5.91 Å². The summed E-state index contributed by atoms with van der Waals surface area (Å²) in [6.45, 7) is 6.35. The van der Waals surface area contributed by atoms with E-state index in [1.807, 2.05) is 43.3 Å². The van der Waals surface area contributed by atoms with Crippen molar-refractivity contribution >= 4 is 22.3 Å². The van der Waals surface area contributed by atoms with Gasteiger partial charge in [0.05, 0.1) is 18.3 Å². The Morgan fingerprint density at radius 3 is 2.56 bits per heavy atom. The molecule has 4 aromatic rings. The number of nitrogens with zero attached hydrogens (tertiary/aromatic N) is 4. The van der Waals surface area contributed by atoms with Crippen LogP contribution >= 0.6 is 0 Å². The van der Waals surface area contributed by atoms with E-state index in [9.17, 15) is 9.59 Å². The van der Waals surface area contributed by atoms with E-state index < -0.39 is 0 Å². The Morgan fingerprint density at radius 2 is 1.71 bits per heavy atom. The number of nitrogens with one attached hydrogen (secondary N) is 1. The number of carbonyl (C=O) groups is 1. The van der Waals surface area contributed by atoms with Gasteiger partial charge in [0.1, 0.15) is 5.65 Å². The summed E-state index contributed by atoms with van der Waals surface area (Å²) in [4.78, 5) is 34.2. The first-order chi connectivity index (χ1) is 16.6. The first-order valence-electron chi connectivity index (χ1n) is 11.8. The molecule has 0 spiro atoms. The van der Waals surface area contributed by atoms with Crippen LogP contribution in [0.5, 0.6) is 0 Å². The van der Waals surface area contributed by atoms with Gasteiger partial charge in [0, 0.05) is 45.0 Å². The number of hydrogen-bond acceptors (Lipinski definition) is 5. The number of fused-ring (bicyclic) bond motifs is 2. The summed E-state index contributed by atoms with van der Waals surface area (Å²) in [6.07, 6.45) is 1.74. The van der Waals surface area contributed by atoms with E-state index >= 15 is 0 Å². The molecule has 0 bridgehead atoms. The molecule has 1 atom stereocenters. The molecule has 0 saturated carbocycles. The summed E-state index contributed by atoms with van der Waals surface area (Å²) in [7, 11) is 0. The first kappa shape index (κ1) is 22.3. The van der Waals surface area contributed by atoms with E-state index in [2.05, 4.69) is 44.4 Å². The molecule has 174 valence electrons. The summed E-state index contributed by atoms with van der Waals surface area (Å²) < 4.78 is 1.55. The molecule has 0 aliphatic carbocycles. The van der Waals surface area contributed by atoms with Gasteiger partial charge in [0.25, 0.3) is 5.56 Å². The van der Waals surface area contributed by atoms with Crippen LogP contribution in [0.25, 0.3) is 16.4 Å². The van der Waals surface area contributed by atoms with Crippen molar-refractivity contribution in [3.63, 3.8) is 0 Å². The zero-order valence-corrected chi connectivity index (χ0v) is 19.4. The van der Waals surface area contributed by atoms with Gasteiger partial charge in [-0.1, -0.05) is 48.5 Å². The van der Waals surface area contributed by atoms with Crippen LogP contribution in [0, 0.1) is 0 Å². The molecule has 2 aromatic heterocycles. The van der Waals surface area contributed by atoms with Crippen molar-refractivity contribution in [2.24, 2.45) is 0 Å². The molecule has 0 unspecified atom stereocenters. The Hall–Kier alpha value is -3.55. The highest BCUT2D eigenvalue weighted by molar-refractivity contribution is 5.87. The number of pyridine rings is 1. The molecule has 0 radical (unpaired) electrons. The maximum atomic E-state index is 12.8. The van der Waals surface area contributed by atoms with Gasteiger partial charge >= 0.3 is 0 Å². The fraction of sp³-hybridized carbons (Fsp3) is 0.296. The van der Waals surface area contributed by atoms with E-state index in [0.717, 1.165) is 37.4 Å². The van der Waals surface area contributed by atoms with Gasteiger partial charge in [-0.3, -0.25) is 23.8 Å². The van der Waals surface area contributed by atoms with Crippen LogP contribution in [-0.4, -0.2) is 57.8 Å². The van der Waals surface area contributed by atoms with Crippen molar-refractivity contribution in [3.8, 4) is 0 Å².